The summed E-state index contributed by atoms with van der Waals surface area (Å²) in [5.74, 6) is 2.14. The summed E-state index contributed by atoms with van der Waals surface area (Å²) in [4.78, 5) is 0. The van der Waals surface area contributed by atoms with E-state index in [0.717, 1.165) is 17.1 Å². The monoisotopic (exact) mass is 366 g/mol. The van der Waals surface area contributed by atoms with Crippen LogP contribution in [0.1, 0.15) is 11.4 Å². The average Bonchev–Trinajstić information content (AvgIpc) is 3.04. The molecule has 0 atom stereocenters. The second-order valence-electron chi connectivity index (χ2n) is 5.22. The maximum absolute atomic E-state index is 5.69. The summed E-state index contributed by atoms with van der Waals surface area (Å²) >= 11 is 5.22. The van der Waals surface area contributed by atoms with Crippen molar-refractivity contribution in [1.29, 1.82) is 0 Å². The van der Waals surface area contributed by atoms with Crippen LogP contribution in [0.5, 0.6) is 11.5 Å². The third-order valence-electron chi connectivity index (χ3n) is 3.51. The molecule has 0 bridgehead atoms. The van der Waals surface area contributed by atoms with E-state index in [-0.39, 0.29) is 6.61 Å². The number of methoxy groups -OCH3 is 1. The first-order valence-corrected chi connectivity index (χ1v) is 8.37. The van der Waals surface area contributed by atoms with Gasteiger partial charge in [-0.25, -0.2) is 5.10 Å². The Balaban J connectivity index is 1.69. The van der Waals surface area contributed by atoms with Crippen molar-refractivity contribution in [3.63, 3.8) is 0 Å². The van der Waals surface area contributed by atoms with Gasteiger partial charge in [-0.15, -0.1) is 0 Å². The zero-order valence-corrected chi connectivity index (χ0v) is 15.0. The minimum absolute atomic E-state index is 0.255. The molecule has 0 saturated carbocycles. The van der Waals surface area contributed by atoms with Gasteiger partial charge in [-0.3, -0.25) is 0 Å². The van der Waals surface area contributed by atoms with Gasteiger partial charge >= 0.3 is 0 Å². The van der Waals surface area contributed by atoms with Gasteiger partial charge in [0.1, 0.15) is 18.1 Å². The predicted molar refractivity (Wildman–Crippen MR) is 104 cm³/mol. The van der Waals surface area contributed by atoms with Gasteiger partial charge in [-0.05, 0) is 42.6 Å². The van der Waals surface area contributed by atoms with Crippen molar-refractivity contribution < 1.29 is 9.47 Å². The van der Waals surface area contributed by atoms with Gasteiger partial charge < -0.3 is 9.47 Å². The van der Waals surface area contributed by atoms with Crippen LogP contribution >= 0.6 is 12.2 Å². The van der Waals surface area contributed by atoms with Gasteiger partial charge in [0.15, 0.2) is 5.82 Å². The largest absolute Gasteiger partial charge is 0.496 e. The lowest BCUT2D eigenvalue weighted by Gasteiger charge is -2.04. The number of benzene rings is 2. The normalized spacial score (nSPS) is 11.3. The molecule has 0 spiro atoms. The first kappa shape index (κ1) is 17.6. The standard InChI is InChI=1S/C19H18N4O2S/c1-24-17-12-6-5-8-15(17)9-7-13-20-23-18(21-22-19(23)26)14-25-16-10-3-2-4-11-16/h2-13H,14H2,1H3,(H,22,26)/b9-7+,20-13+. The molecule has 0 saturated heterocycles. The number of aromatic amines is 1. The van der Waals surface area contributed by atoms with E-state index in [4.69, 9.17) is 21.7 Å². The fourth-order valence-electron chi connectivity index (χ4n) is 2.26. The lowest BCUT2D eigenvalue weighted by Crippen LogP contribution is -2.03. The van der Waals surface area contributed by atoms with Crippen molar-refractivity contribution >= 4 is 24.5 Å². The number of H-pyrrole nitrogens is 1. The van der Waals surface area contributed by atoms with Crippen LogP contribution < -0.4 is 9.47 Å². The molecule has 3 aromatic rings. The Morgan fingerprint density at radius 2 is 1.92 bits per heavy atom. The number of rotatable bonds is 7. The lowest BCUT2D eigenvalue weighted by molar-refractivity contribution is 0.290. The second kappa shape index (κ2) is 8.77. The molecule has 1 N–H and O–H groups in total. The molecule has 7 heteroatoms. The minimum atomic E-state index is 0.255. The molecule has 0 fully saturated rings. The molecule has 1 heterocycles. The summed E-state index contributed by atoms with van der Waals surface area (Å²) < 4.78 is 12.9. The van der Waals surface area contributed by atoms with Crippen molar-refractivity contribution in [3.8, 4) is 11.5 Å². The Hall–Kier alpha value is -3.19. The SMILES string of the molecule is COc1ccccc1/C=C/C=N/n1c(COc2ccccc2)n[nH]c1=S. The van der Waals surface area contributed by atoms with E-state index in [1.165, 1.54) is 4.68 Å². The maximum Gasteiger partial charge on any atom is 0.216 e. The molecule has 0 aliphatic heterocycles. The first-order valence-electron chi connectivity index (χ1n) is 7.96. The van der Waals surface area contributed by atoms with Crippen molar-refractivity contribution in [2.75, 3.05) is 7.11 Å². The summed E-state index contributed by atoms with van der Waals surface area (Å²) in [5, 5.41) is 11.2. The fraction of sp³-hybridized carbons (Fsp3) is 0.105. The van der Waals surface area contributed by atoms with Crippen LogP contribution in [0.15, 0.2) is 65.8 Å². The molecule has 132 valence electrons. The van der Waals surface area contributed by atoms with Gasteiger partial charge in [0.2, 0.25) is 4.77 Å². The van der Waals surface area contributed by atoms with E-state index < -0.39 is 0 Å². The van der Waals surface area contributed by atoms with Gasteiger partial charge in [0, 0.05) is 11.8 Å². The molecular formula is C19H18N4O2S. The van der Waals surface area contributed by atoms with E-state index in [1.54, 1.807) is 13.3 Å². The summed E-state index contributed by atoms with van der Waals surface area (Å²) in [5.41, 5.74) is 0.963. The van der Waals surface area contributed by atoms with Crippen molar-refractivity contribution in [2.24, 2.45) is 5.10 Å². The van der Waals surface area contributed by atoms with E-state index in [9.17, 15) is 0 Å². The minimum Gasteiger partial charge on any atom is -0.496 e. The Bertz CT molecular complexity index is 961. The van der Waals surface area contributed by atoms with Crippen molar-refractivity contribution in [1.82, 2.24) is 14.9 Å². The summed E-state index contributed by atoms with van der Waals surface area (Å²) in [7, 11) is 1.64. The molecule has 6 nitrogen and oxygen atoms in total. The van der Waals surface area contributed by atoms with Crippen LogP contribution in [0.4, 0.5) is 0 Å². The van der Waals surface area contributed by atoms with Crippen molar-refractivity contribution in [3.05, 3.63) is 76.8 Å². The molecule has 3 rings (SSSR count). The van der Waals surface area contributed by atoms with Gasteiger partial charge in [0.05, 0.1) is 7.11 Å². The Morgan fingerprint density at radius 1 is 1.15 bits per heavy atom. The van der Waals surface area contributed by atoms with E-state index in [1.807, 2.05) is 66.7 Å². The number of hydrogen-bond donors (Lipinski definition) is 1. The zero-order chi connectivity index (χ0) is 18.2. The van der Waals surface area contributed by atoms with Gasteiger partial charge in [-0.2, -0.15) is 14.9 Å². The Kier molecular flexibility index (Phi) is 5.95. The van der Waals surface area contributed by atoms with Crippen LogP contribution in [0.3, 0.4) is 0 Å². The highest BCUT2D eigenvalue weighted by atomic mass is 32.1. The number of aromatic nitrogens is 3. The third-order valence-corrected chi connectivity index (χ3v) is 3.78. The molecule has 0 aliphatic rings. The van der Waals surface area contributed by atoms with Gasteiger partial charge in [-0.1, -0.05) is 36.4 Å². The molecular weight excluding hydrogens is 348 g/mol. The summed E-state index contributed by atoms with van der Waals surface area (Å²) in [6.45, 7) is 0.255. The number of allylic oxidation sites excluding steroid dienone is 1. The number of nitrogens with zero attached hydrogens (tertiary/aromatic N) is 3. The Morgan fingerprint density at radius 3 is 2.73 bits per heavy atom. The quantitative estimate of drug-likeness (QED) is 0.506. The maximum atomic E-state index is 5.69. The van der Waals surface area contributed by atoms with Crippen molar-refractivity contribution in [2.45, 2.75) is 6.61 Å². The Labute approximate surface area is 156 Å². The average molecular weight is 366 g/mol. The fourth-order valence-corrected chi connectivity index (χ4v) is 2.46. The van der Waals surface area contributed by atoms with Crippen LogP contribution in [0.2, 0.25) is 0 Å². The highest BCUT2D eigenvalue weighted by Gasteiger charge is 2.05. The number of nitrogens with one attached hydrogen (secondary N) is 1. The first-order chi connectivity index (χ1) is 12.8. The topological polar surface area (TPSA) is 64.4 Å². The smallest absolute Gasteiger partial charge is 0.216 e. The lowest BCUT2D eigenvalue weighted by atomic mass is 10.2. The van der Waals surface area contributed by atoms with Crippen LogP contribution in [-0.4, -0.2) is 28.2 Å². The summed E-state index contributed by atoms with van der Waals surface area (Å²) in [6.07, 6.45) is 5.37. The second-order valence-corrected chi connectivity index (χ2v) is 5.61. The molecule has 1 aromatic heterocycles. The molecule has 2 aromatic carbocycles. The summed E-state index contributed by atoms with van der Waals surface area (Å²) in [6, 6.07) is 17.3. The predicted octanol–water partition coefficient (Wildman–Crippen LogP) is 4.08. The highest BCUT2D eigenvalue weighted by molar-refractivity contribution is 7.71. The molecule has 0 radical (unpaired) electrons. The van der Waals surface area contributed by atoms with Crippen LogP contribution in [0.25, 0.3) is 6.08 Å². The highest BCUT2D eigenvalue weighted by Crippen LogP contribution is 2.18. The third kappa shape index (κ3) is 4.46. The van der Waals surface area contributed by atoms with E-state index >= 15 is 0 Å². The molecule has 0 aliphatic carbocycles. The van der Waals surface area contributed by atoms with E-state index in [2.05, 4.69) is 15.3 Å². The molecule has 26 heavy (non-hydrogen) atoms. The van der Waals surface area contributed by atoms with E-state index in [0.29, 0.717) is 10.6 Å². The van der Waals surface area contributed by atoms with Gasteiger partial charge in [0.25, 0.3) is 0 Å². The number of ether oxygens (including phenoxy) is 2. The number of hydrogen-bond acceptors (Lipinski definition) is 5. The number of para-hydroxylation sites is 2. The van der Waals surface area contributed by atoms with Crippen LogP contribution in [0, 0.1) is 4.77 Å². The molecule has 0 unspecified atom stereocenters. The van der Waals surface area contributed by atoms with Crippen LogP contribution in [-0.2, 0) is 6.61 Å². The molecule has 0 amide bonds. The zero-order valence-electron chi connectivity index (χ0n) is 14.2.